The van der Waals surface area contributed by atoms with Gasteiger partial charge in [-0.3, -0.25) is 5.32 Å². The maximum Gasteiger partial charge on any atom is 0.412 e. The number of ether oxygens (including phenoxy) is 1. The molecule has 0 saturated heterocycles. The van der Waals surface area contributed by atoms with E-state index in [0.29, 0.717) is 11.4 Å². The number of nitrogen functional groups attached to an aromatic ring is 1. The van der Waals surface area contributed by atoms with Crippen molar-refractivity contribution in [2.75, 3.05) is 11.1 Å². The summed E-state index contributed by atoms with van der Waals surface area (Å²) >= 11 is 0. The molecular weight excluding hydrogens is 336 g/mol. The van der Waals surface area contributed by atoms with Crippen LogP contribution in [0.3, 0.4) is 0 Å². The van der Waals surface area contributed by atoms with Crippen molar-refractivity contribution in [2.24, 2.45) is 0 Å². The Morgan fingerprint density at radius 2 is 1.33 bits per heavy atom. The minimum Gasteiger partial charge on any atom is -0.444 e. The number of carbonyl (C=O) groups excluding carboxylic acids is 1. The Hall–Kier alpha value is -3.27. The molecule has 0 radical (unpaired) electrons. The molecule has 0 aliphatic heterocycles. The van der Waals surface area contributed by atoms with Crippen LogP contribution in [0.15, 0.2) is 72.8 Å². The van der Waals surface area contributed by atoms with Crippen molar-refractivity contribution in [1.29, 1.82) is 0 Å². The summed E-state index contributed by atoms with van der Waals surface area (Å²) in [6.07, 6.45) is -0.519. The molecule has 0 aliphatic carbocycles. The quantitative estimate of drug-likeness (QED) is 0.567. The van der Waals surface area contributed by atoms with Crippen molar-refractivity contribution in [3.8, 4) is 22.3 Å². The summed E-state index contributed by atoms with van der Waals surface area (Å²) in [4.78, 5) is 11.9. The first-order valence-corrected chi connectivity index (χ1v) is 8.87. The second-order valence-corrected chi connectivity index (χ2v) is 7.37. The highest BCUT2D eigenvalue weighted by atomic mass is 16.6. The number of benzene rings is 3. The van der Waals surface area contributed by atoms with Gasteiger partial charge in [0.15, 0.2) is 0 Å². The predicted molar refractivity (Wildman–Crippen MR) is 112 cm³/mol. The Labute approximate surface area is 160 Å². The van der Waals surface area contributed by atoms with E-state index in [1.807, 2.05) is 51.1 Å². The molecule has 3 N–H and O–H groups in total. The first kappa shape index (κ1) is 18.5. The molecule has 4 heteroatoms. The van der Waals surface area contributed by atoms with Crippen LogP contribution in [0.5, 0.6) is 0 Å². The van der Waals surface area contributed by atoms with E-state index in [2.05, 4.69) is 41.7 Å². The lowest BCUT2D eigenvalue weighted by Gasteiger charge is -2.20. The number of anilines is 2. The number of hydrogen-bond donors (Lipinski definition) is 2. The first-order chi connectivity index (χ1) is 12.8. The second-order valence-electron chi connectivity index (χ2n) is 7.37. The molecule has 0 unspecified atom stereocenters. The SMILES string of the molecule is CC(C)(C)OC(=O)Nc1ccc(-c2ccc(-c3ccccc3)cc2)cc1N. The van der Waals surface area contributed by atoms with Crippen LogP contribution in [0.1, 0.15) is 20.8 Å². The van der Waals surface area contributed by atoms with Crippen molar-refractivity contribution >= 4 is 17.5 Å². The second kappa shape index (κ2) is 7.54. The summed E-state index contributed by atoms with van der Waals surface area (Å²) < 4.78 is 5.26. The van der Waals surface area contributed by atoms with E-state index in [9.17, 15) is 4.79 Å². The van der Waals surface area contributed by atoms with E-state index in [1.165, 1.54) is 5.56 Å². The lowest BCUT2D eigenvalue weighted by molar-refractivity contribution is 0.0636. The molecule has 3 rings (SSSR count). The molecule has 138 valence electrons. The maximum absolute atomic E-state index is 11.9. The molecule has 27 heavy (non-hydrogen) atoms. The number of hydrogen-bond acceptors (Lipinski definition) is 3. The molecule has 3 aromatic rings. The number of carbonyl (C=O) groups is 1. The van der Waals surface area contributed by atoms with Gasteiger partial charge >= 0.3 is 6.09 Å². The third-order valence-corrected chi connectivity index (χ3v) is 4.01. The van der Waals surface area contributed by atoms with Crippen LogP contribution >= 0.6 is 0 Å². The van der Waals surface area contributed by atoms with Crippen LogP contribution in [0.2, 0.25) is 0 Å². The summed E-state index contributed by atoms with van der Waals surface area (Å²) in [7, 11) is 0. The first-order valence-electron chi connectivity index (χ1n) is 8.87. The Balaban J connectivity index is 1.76. The van der Waals surface area contributed by atoms with Crippen molar-refractivity contribution in [2.45, 2.75) is 26.4 Å². The van der Waals surface area contributed by atoms with Gasteiger partial charge in [-0.2, -0.15) is 0 Å². The zero-order valence-corrected chi connectivity index (χ0v) is 15.8. The van der Waals surface area contributed by atoms with Crippen molar-refractivity contribution in [3.63, 3.8) is 0 Å². The highest BCUT2D eigenvalue weighted by Gasteiger charge is 2.17. The minimum absolute atomic E-state index is 0.491. The zero-order chi connectivity index (χ0) is 19.4. The van der Waals surface area contributed by atoms with Crippen LogP contribution < -0.4 is 11.1 Å². The molecule has 4 nitrogen and oxygen atoms in total. The van der Waals surface area contributed by atoms with E-state index in [4.69, 9.17) is 10.5 Å². The Bertz CT molecular complexity index is 927. The topological polar surface area (TPSA) is 64.3 Å². The standard InChI is InChI=1S/C23H24N2O2/c1-23(2,3)27-22(26)25-21-14-13-19(15-20(21)24)18-11-9-17(10-12-18)16-7-5-4-6-8-16/h4-15H,24H2,1-3H3,(H,25,26). The van der Waals surface area contributed by atoms with Crippen molar-refractivity contribution in [1.82, 2.24) is 0 Å². The highest BCUT2D eigenvalue weighted by molar-refractivity contribution is 5.90. The highest BCUT2D eigenvalue weighted by Crippen LogP contribution is 2.29. The fourth-order valence-corrected chi connectivity index (χ4v) is 2.76. The van der Waals surface area contributed by atoms with Gasteiger partial charge in [0.2, 0.25) is 0 Å². The zero-order valence-electron chi connectivity index (χ0n) is 15.8. The smallest absolute Gasteiger partial charge is 0.412 e. The molecule has 0 fully saturated rings. The average molecular weight is 360 g/mol. The number of nitrogens with one attached hydrogen (secondary N) is 1. The van der Waals surface area contributed by atoms with E-state index in [1.54, 1.807) is 6.07 Å². The summed E-state index contributed by atoms with van der Waals surface area (Å²) in [5.74, 6) is 0. The summed E-state index contributed by atoms with van der Waals surface area (Å²) in [6, 6.07) is 24.1. The molecule has 0 atom stereocenters. The van der Waals surface area contributed by atoms with Crippen molar-refractivity contribution < 1.29 is 9.53 Å². The predicted octanol–water partition coefficient (Wildman–Crippen LogP) is 5.95. The van der Waals surface area contributed by atoms with Gasteiger partial charge in [-0.05, 0) is 55.2 Å². The van der Waals surface area contributed by atoms with Crippen molar-refractivity contribution in [3.05, 3.63) is 72.8 Å². The Kier molecular flexibility index (Phi) is 5.17. The van der Waals surface area contributed by atoms with Gasteiger partial charge in [-0.25, -0.2) is 4.79 Å². The number of amides is 1. The minimum atomic E-state index is -0.556. The van der Waals surface area contributed by atoms with E-state index in [-0.39, 0.29) is 0 Å². The molecule has 0 aliphatic rings. The monoisotopic (exact) mass is 360 g/mol. The molecule has 0 heterocycles. The molecule has 1 amide bonds. The fourth-order valence-electron chi connectivity index (χ4n) is 2.76. The molecular formula is C23H24N2O2. The Morgan fingerprint density at radius 3 is 1.89 bits per heavy atom. The summed E-state index contributed by atoms with van der Waals surface area (Å²) in [6.45, 7) is 5.45. The van der Waals surface area contributed by atoms with Gasteiger partial charge in [0, 0.05) is 0 Å². The maximum atomic E-state index is 11.9. The average Bonchev–Trinajstić information content (AvgIpc) is 2.63. The van der Waals surface area contributed by atoms with Gasteiger partial charge in [-0.15, -0.1) is 0 Å². The lowest BCUT2D eigenvalue weighted by atomic mass is 10.00. The van der Waals surface area contributed by atoms with E-state index < -0.39 is 11.7 Å². The van der Waals surface area contributed by atoms with E-state index in [0.717, 1.165) is 16.7 Å². The molecule has 0 saturated carbocycles. The summed E-state index contributed by atoms with van der Waals surface area (Å²) in [5.41, 5.74) is 11.0. The Morgan fingerprint density at radius 1 is 0.815 bits per heavy atom. The fraction of sp³-hybridized carbons (Fsp3) is 0.174. The van der Waals surface area contributed by atoms with E-state index >= 15 is 0 Å². The molecule has 0 aromatic heterocycles. The van der Waals surface area contributed by atoms with Crippen LogP contribution in [0.25, 0.3) is 22.3 Å². The van der Waals surface area contributed by atoms with Gasteiger partial charge in [0.25, 0.3) is 0 Å². The third kappa shape index (κ3) is 4.88. The number of nitrogens with two attached hydrogens (primary N) is 1. The normalized spacial score (nSPS) is 11.1. The van der Waals surface area contributed by atoms with Crippen LogP contribution in [-0.2, 0) is 4.74 Å². The molecule has 0 spiro atoms. The third-order valence-electron chi connectivity index (χ3n) is 4.01. The number of rotatable bonds is 3. The van der Waals surface area contributed by atoms with Gasteiger partial charge in [0.1, 0.15) is 5.60 Å². The molecule has 3 aromatic carbocycles. The van der Waals surface area contributed by atoms with Gasteiger partial charge < -0.3 is 10.5 Å². The van der Waals surface area contributed by atoms with Crippen LogP contribution in [0, 0.1) is 0 Å². The van der Waals surface area contributed by atoms with Gasteiger partial charge in [-0.1, -0.05) is 60.7 Å². The van der Waals surface area contributed by atoms with Gasteiger partial charge in [0.05, 0.1) is 11.4 Å². The van der Waals surface area contributed by atoms with Crippen LogP contribution in [-0.4, -0.2) is 11.7 Å². The largest absolute Gasteiger partial charge is 0.444 e. The summed E-state index contributed by atoms with van der Waals surface area (Å²) in [5, 5.41) is 2.69. The lowest BCUT2D eigenvalue weighted by Crippen LogP contribution is -2.27. The molecule has 0 bridgehead atoms. The van der Waals surface area contributed by atoms with Crippen LogP contribution in [0.4, 0.5) is 16.2 Å².